The van der Waals surface area contributed by atoms with Gasteiger partial charge in [-0.05, 0) is 19.1 Å². The zero-order valence-electron chi connectivity index (χ0n) is 12.5. The molecule has 2 rings (SSSR count). The third-order valence-corrected chi connectivity index (χ3v) is 6.16. The van der Waals surface area contributed by atoms with Gasteiger partial charge in [-0.2, -0.15) is 4.31 Å². The molecule has 0 radical (unpaired) electrons. The summed E-state index contributed by atoms with van der Waals surface area (Å²) in [5, 5.41) is 1.99. The first-order valence-electron chi connectivity index (χ1n) is 6.68. The van der Waals surface area contributed by atoms with Crippen LogP contribution < -0.4 is 0 Å². The molecule has 2 aromatic rings. The smallest absolute Gasteiger partial charge is 0.321 e. The number of likely N-dealkylation sites (N-methyl/N-ethyl adjacent to an activating group) is 1. The molecule has 0 bridgehead atoms. The van der Waals surface area contributed by atoms with E-state index in [1.807, 2.05) is 24.3 Å². The summed E-state index contributed by atoms with van der Waals surface area (Å²) in [7, 11) is -2.50. The van der Waals surface area contributed by atoms with Crippen molar-refractivity contribution in [1.82, 2.24) is 9.29 Å². The number of carbonyl (C=O) groups excluding carboxylic acids is 1. The summed E-state index contributed by atoms with van der Waals surface area (Å²) in [6.07, 6.45) is 0. The number of thiazole rings is 1. The molecule has 1 aromatic heterocycles. The van der Waals surface area contributed by atoms with Crippen molar-refractivity contribution in [3.05, 3.63) is 34.1 Å². The normalized spacial score (nSPS) is 11.7. The minimum absolute atomic E-state index is 0.0767. The predicted molar refractivity (Wildman–Crippen MR) is 91.7 cm³/mol. The van der Waals surface area contributed by atoms with Gasteiger partial charge in [-0.3, -0.25) is 4.79 Å². The summed E-state index contributed by atoms with van der Waals surface area (Å²) in [6, 6.07) is 7.42. The van der Waals surface area contributed by atoms with Gasteiger partial charge < -0.3 is 4.74 Å². The van der Waals surface area contributed by atoms with Crippen molar-refractivity contribution in [3.8, 4) is 10.6 Å². The summed E-state index contributed by atoms with van der Waals surface area (Å²) in [5.41, 5.74) is 0.827. The van der Waals surface area contributed by atoms with Crippen LogP contribution in [0.15, 0.2) is 39.1 Å². The minimum atomic E-state index is -3.83. The van der Waals surface area contributed by atoms with Gasteiger partial charge in [-0.1, -0.05) is 28.1 Å². The van der Waals surface area contributed by atoms with Crippen LogP contribution in [0.3, 0.4) is 0 Å². The molecule has 0 fully saturated rings. The van der Waals surface area contributed by atoms with E-state index in [0.717, 1.165) is 14.3 Å². The molecule has 0 aliphatic rings. The van der Waals surface area contributed by atoms with Gasteiger partial charge >= 0.3 is 5.97 Å². The van der Waals surface area contributed by atoms with Crippen molar-refractivity contribution in [1.29, 1.82) is 0 Å². The molecule has 0 spiro atoms. The van der Waals surface area contributed by atoms with Crippen molar-refractivity contribution in [2.45, 2.75) is 11.9 Å². The van der Waals surface area contributed by atoms with Crippen molar-refractivity contribution >= 4 is 43.3 Å². The molecule has 1 aromatic carbocycles. The fourth-order valence-electron chi connectivity index (χ4n) is 1.74. The second kappa shape index (κ2) is 7.52. The molecule has 1 heterocycles. The molecule has 6 nitrogen and oxygen atoms in total. The van der Waals surface area contributed by atoms with Crippen molar-refractivity contribution in [2.75, 3.05) is 20.2 Å². The van der Waals surface area contributed by atoms with Crippen LogP contribution in [0.4, 0.5) is 0 Å². The Morgan fingerprint density at radius 3 is 2.61 bits per heavy atom. The molecule has 0 aliphatic carbocycles. The van der Waals surface area contributed by atoms with Crippen LogP contribution in [0, 0.1) is 0 Å². The molecule has 0 aliphatic heterocycles. The fourth-order valence-corrected chi connectivity index (χ4v) is 4.18. The van der Waals surface area contributed by atoms with E-state index in [9.17, 15) is 13.2 Å². The molecule has 0 N–H and O–H groups in total. The van der Waals surface area contributed by atoms with Crippen molar-refractivity contribution in [3.63, 3.8) is 0 Å². The Kier molecular flexibility index (Phi) is 5.90. The van der Waals surface area contributed by atoms with Crippen molar-refractivity contribution < 1.29 is 17.9 Å². The lowest BCUT2D eigenvalue weighted by molar-refractivity contribution is -0.143. The van der Waals surface area contributed by atoms with E-state index in [4.69, 9.17) is 4.74 Å². The molecule has 0 saturated carbocycles. The van der Waals surface area contributed by atoms with Gasteiger partial charge in [0.25, 0.3) is 10.0 Å². The largest absolute Gasteiger partial charge is 0.465 e. The third kappa shape index (κ3) is 4.37. The molecule has 9 heteroatoms. The van der Waals surface area contributed by atoms with E-state index >= 15 is 0 Å². The Morgan fingerprint density at radius 2 is 2.00 bits per heavy atom. The van der Waals surface area contributed by atoms with Gasteiger partial charge in [-0.25, -0.2) is 13.4 Å². The van der Waals surface area contributed by atoms with E-state index in [-0.39, 0.29) is 18.2 Å². The molecule has 23 heavy (non-hydrogen) atoms. The van der Waals surface area contributed by atoms with Crippen LogP contribution >= 0.6 is 27.3 Å². The van der Waals surface area contributed by atoms with Crippen LogP contribution in [0.2, 0.25) is 0 Å². The van der Waals surface area contributed by atoms with Crippen molar-refractivity contribution in [2.24, 2.45) is 0 Å². The van der Waals surface area contributed by atoms with E-state index in [1.165, 1.54) is 23.8 Å². The summed E-state index contributed by atoms with van der Waals surface area (Å²) in [6.45, 7) is 1.52. The Morgan fingerprint density at radius 1 is 1.35 bits per heavy atom. The number of sulfonamides is 1. The van der Waals surface area contributed by atoms with E-state index in [2.05, 4.69) is 20.9 Å². The monoisotopic (exact) mass is 418 g/mol. The number of nitrogens with zero attached hydrogens (tertiary/aromatic N) is 2. The van der Waals surface area contributed by atoms with Crippen LogP contribution in [-0.4, -0.2) is 43.9 Å². The molecule has 124 valence electrons. The summed E-state index contributed by atoms with van der Waals surface area (Å²) in [5.74, 6) is -0.595. The maximum atomic E-state index is 12.4. The molecular formula is C14H15BrN2O4S2. The number of hydrogen-bond acceptors (Lipinski definition) is 6. The number of carbonyl (C=O) groups is 1. The molecule has 0 unspecified atom stereocenters. The summed E-state index contributed by atoms with van der Waals surface area (Å²) >= 11 is 4.58. The first kappa shape index (κ1) is 18.1. The molecule has 0 saturated heterocycles. The standard InChI is InChI=1S/C14H15BrN2O4S2/c1-3-21-13(18)8-17(2)23(19,20)12-9-22-14(16-12)10-4-6-11(15)7-5-10/h4-7,9H,3,8H2,1-2H3. The number of aromatic nitrogens is 1. The highest BCUT2D eigenvalue weighted by atomic mass is 79.9. The van der Waals surface area contributed by atoms with E-state index in [1.54, 1.807) is 6.92 Å². The number of esters is 1. The topological polar surface area (TPSA) is 76.6 Å². The van der Waals surface area contributed by atoms with Gasteiger partial charge in [0.05, 0.1) is 6.61 Å². The maximum absolute atomic E-state index is 12.4. The number of benzene rings is 1. The highest BCUT2D eigenvalue weighted by Crippen LogP contribution is 2.27. The quantitative estimate of drug-likeness (QED) is 0.673. The van der Waals surface area contributed by atoms with Gasteiger partial charge in [0.2, 0.25) is 0 Å². The van der Waals surface area contributed by atoms with Crippen LogP contribution in [0.5, 0.6) is 0 Å². The van der Waals surface area contributed by atoms with E-state index in [0.29, 0.717) is 5.01 Å². The second-order valence-electron chi connectivity index (χ2n) is 4.56. The fraction of sp³-hybridized carbons (Fsp3) is 0.286. The SMILES string of the molecule is CCOC(=O)CN(C)S(=O)(=O)c1csc(-c2ccc(Br)cc2)n1. The average Bonchev–Trinajstić information content (AvgIpc) is 2.98. The number of ether oxygens (including phenoxy) is 1. The zero-order chi connectivity index (χ0) is 17.0. The lowest BCUT2D eigenvalue weighted by atomic mass is 10.2. The van der Waals surface area contributed by atoms with Gasteiger partial charge in [0.1, 0.15) is 11.6 Å². The first-order chi connectivity index (χ1) is 10.8. The molecular weight excluding hydrogens is 404 g/mol. The second-order valence-corrected chi connectivity index (χ2v) is 8.33. The maximum Gasteiger partial charge on any atom is 0.321 e. The van der Waals surface area contributed by atoms with Crippen LogP contribution in [0.25, 0.3) is 10.6 Å². The molecule has 0 amide bonds. The zero-order valence-corrected chi connectivity index (χ0v) is 15.7. The van der Waals surface area contributed by atoms with Gasteiger partial charge in [0.15, 0.2) is 5.03 Å². The lowest BCUT2D eigenvalue weighted by Crippen LogP contribution is -2.33. The number of rotatable bonds is 6. The summed E-state index contributed by atoms with van der Waals surface area (Å²) < 4.78 is 31.5. The van der Waals surface area contributed by atoms with Crippen LogP contribution in [-0.2, 0) is 19.6 Å². The Bertz CT molecular complexity index is 787. The first-order valence-corrected chi connectivity index (χ1v) is 9.79. The highest BCUT2D eigenvalue weighted by molar-refractivity contribution is 9.10. The number of halogens is 1. The van der Waals surface area contributed by atoms with Gasteiger partial charge in [0, 0.05) is 22.5 Å². The summed E-state index contributed by atoms with van der Waals surface area (Å²) in [4.78, 5) is 15.6. The predicted octanol–water partition coefficient (Wildman–Crippen LogP) is 2.76. The Balaban J connectivity index is 2.21. The Labute approximate surface area is 147 Å². The van der Waals surface area contributed by atoms with Gasteiger partial charge in [-0.15, -0.1) is 11.3 Å². The minimum Gasteiger partial charge on any atom is -0.465 e. The Hall–Kier alpha value is -1.29. The molecule has 0 atom stereocenters. The van der Waals surface area contributed by atoms with Crippen LogP contribution in [0.1, 0.15) is 6.92 Å². The average molecular weight is 419 g/mol. The highest BCUT2D eigenvalue weighted by Gasteiger charge is 2.26. The third-order valence-electron chi connectivity index (χ3n) is 2.91. The lowest BCUT2D eigenvalue weighted by Gasteiger charge is -2.14. The van der Waals surface area contributed by atoms with E-state index < -0.39 is 16.0 Å². The number of hydrogen-bond donors (Lipinski definition) is 0.